The molecule has 2 heterocycles. The summed E-state index contributed by atoms with van der Waals surface area (Å²) in [6.45, 7) is 4.02. The second-order valence-electron chi connectivity index (χ2n) is 7.60. The maximum atomic E-state index is 13.1. The van der Waals surface area contributed by atoms with Crippen LogP contribution < -0.4 is 10.9 Å². The van der Waals surface area contributed by atoms with Crippen molar-refractivity contribution < 1.29 is 9.18 Å². The molecule has 1 N–H and O–H groups in total. The van der Waals surface area contributed by atoms with Crippen molar-refractivity contribution in [1.29, 1.82) is 0 Å². The van der Waals surface area contributed by atoms with Crippen molar-refractivity contribution in [3.8, 4) is 0 Å². The minimum Gasteiger partial charge on any atom is -0.312 e. The van der Waals surface area contributed by atoms with E-state index < -0.39 is 0 Å². The Bertz CT molecular complexity index is 1190. The molecule has 1 aliphatic heterocycles. The van der Waals surface area contributed by atoms with Crippen molar-refractivity contribution in [3.05, 3.63) is 86.5 Å². The molecule has 1 amide bonds. The number of hydrogen-bond acceptors (Lipinski definition) is 4. The molecule has 0 aliphatic carbocycles. The van der Waals surface area contributed by atoms with Gasteiger partial charge in [0.05, 0.1) is 5.56 Å². The minimum atomic E-state index is -0.324. The molecule has 0 bridgehead atoms. The molecule has 0 spiro atoms. The van der Waals surface area contributed by atoms with Gasteiger partial charge in [0.15, 0.2) is 5.16 Å². The molecule has 0 saturated carbocycles. The minimum absolute atomic E-state index is 0.122. The lowest BCUT2D eigenvalue weighted by atomic mass is 9.84. The fraction of sp³-hybridized carbons (Fsp3) is 0.261. The molecule has 0 saturated heterocycles. The molecule has 2 aromatic carbocycles. The van der Waals surface area contributed by atoms with Crippen molar-refractivity contribution in [1.82, 2.24) is 9.55 Å². The monoisotopic (exact) mass is 423 g/mol. The van der Waals surface area contributed by atoms with Crippen molar-refractivity contribution >= 4 is 23.5 Å². The van der Waals surface area contributed by atoms with Crippen LogP contribution in [0, 0.1) is 19.7 Å². The summed E-state index contributed by atoms with van der Waals surface area (Å²) in [5.41, 5.74) is 4.28. The Morgan fingerprint density at radius 2 is 1.90 bits per heavy atom. The van der Waals surface area contributed by atoms with Gasteiger partial charge >= 0.3 is 0 Å². The molecule has 5 nitrogen and oxygen atoms in total. The van der Waals surface area contributed by atoms with Crippen LogP contribution in [-0.2, 0) is 17.6 Å². The number of amides is 1. The lowest BCUT2D eigenvalue weighted by Gasteiger charge is -2.28. The maximum absolute atomic E-state index is 13.1. The number of rotatable bonds is 4. The van der Waals surface area contributed by atoms with Crippen LogP contribution in [0.2, 0.25) is 0 Å². The van der Waals surface area contributed by atoms with E-state index in [0.29, 0.717) is 22.3 Å². The highest BCUT2D eigenvalue weighted by molar-refractivity contribution is 7.98. The van der Waals surface area contributed by atoms with Crippen molar-refractivity contribution in [2.75, 3.05) is 5.32 Å². The average Bonchev–Trinajstić information content (AvgIpc) is 2.70. The Morgan fingerprint density at radius 3 is 2.60 bits per heavy atom. The first kappa shape index (κ1) is 20.3. The third-order valence-electron chi connectivity index (χ3n) is 5.38. The number of anilines is 1. The van der Waals surface area contributed by atoms with Crippen LogP contribution >= 0.6 is 11.8 Å². The van der Waals surface area contributed by atoms with Gasteiger partial charge in [-0.1, -0.05) is 47.7 Å². The van der Waals surface area contributed by atoms with E-state index in [9.17, 15) is 14.0 Å². The standard InChI is InChI=1S/C23H22FN3O2S/c1-13-4-9-17(14(2)10-13)18-11-19(28)25-21-20(18)22(29)26-23(27(21)3)30-12-15-5-7-16(24)8-6-15/h4-10,18H,11-12H2,1-3H3,(H,25,28)/t18-/m0/s1. The Hall–Kier alpha value is -2.93. The highest BCUT2D eigenvalue weighted by Gasteiger charge is 2.32. The number of aryl methyl sites for hydroxylation is 2. The molecule has 0 radical (unpaired) electrons. The first-order valence-electron chi connectivity index (χ1n) is 9.68. The molecule has 154 valence electrons. The first-order chi connectivity index (χ1) is 14.3. The molecule has 3 aromatic rings. The Kier molecular flexibility index (Phi) is 5.47. The number of thioether (sulfide) groups is 1. The maximum Gasteiger partial charge on any atom is 0.279 e. The van der Waals surface area contributed by atoms with Crippen LogP contribution in [0.3, 0.4) is 0 Å². The van der Waals surface area contributed by atoms with Gasteiger partial charge in [-0.2, -0.15) is 4.98 Å². The van der Waals surface area contributed by atoms with Crippen molar-refractivity contribution in [2.45, 2.75) is 37.1 Å². The average molecular weight is 424 g/mol. The molecule has 0 unspecified atom stereocenters. The largest absolute Gasteiger partial charge is 0.312 e. The fourth-order valence-electron chi connectivity index (χ4n) is 3.88. The topological polar surface area (TPSA) is 64.0 Å². The second-order valence-corrected chi connectivity index (χ2v) is 8.54. The molecule has 7 heteroatoms. The van der Waals surface area contributed by atoms with Gasteiger partial charge in [0.2, 0.25) is 5.91 Å². The molecule has 4 rings (SSSR count). The summed E-state index contributed by atoms with van der Waals surface area (Å²) < 4.78 is 14.9. The predicted octanol–water partition coefficient (Wildman–Crippen LogP) is 4.30. The predicted molar refractivity (Wildman–Crippen MR) is 116 cm³/mol. The summed E-state index contributed by atoms with van der Waals surface area (Å²) in [6, 6.07) is 12.3. The molecule has 1 aliphatic rings. The number of hydrogen-bond donors (Lipinski definition) is 1. The SMILES string of the molecule is Cc1ccc([C@@H]2CC(=O)Nc3c2c(=O)nc(SCc2ccc(F)cc2)n3C)c(C)c1. The fourth-order valence-corrected chi connectivity index (χ4v) is 4.80. The van der Waals surface area contributed by atoms with Gasteiger partial charge in [0.25, 0.3) is 5.56 Å². The smallest absolute Gasteiger partial charge is 0.279 e. The number of benzene rings is 2. The molecule has 30 heavy (non-hydrogen) atoms. The molecule has 1 atom stereocenters. The van der Waals surface area contributed by atoms with E-state index in [4.69, 9.17) is 0 Å². The Labute approximate surface area is 178 Å². The lowest BCUT2D eigenvalue weighted by Crippen LogP contribution is -2.33. The number of nitrogens with one attached hydrogen (secondary N) is 1. The Balaban J connectivity index is 1.72. The van der Waals surface area contributed by atoms with Crippen LogP contribution in [0.4, 0.5) is 10.2 Å². The zero-order valence-corrected chi connectivity index (χ0v) is 17.8. The van der Waals surface area contributed by atoms with E-state index in [1.807, 2.05) is 26.0 Å². The summed E-state index contributed by atoms with van der Waals surface area (Å²) in [5, 5.41) is 3.37. The molecular formula is C23H22FN3O2S. The van der Waals surface area contributed by atoms with E-state index in [1.54, 1.807) is 23.7 Å². The molecular weight excluding hydrogens is 401 g/mol. The van der Waals surface area contributed by atoms with Gasteiger partial charge in [0, 0.05) is 25.1 Å². The summed E-state index contributed by atoms with van der Waals surface area (Å²) in [4.78, 5) is 29.8. The zero-order chi connectivity index (χ0) is 21.4. The van der Waals surface area contributed by atoms with Crippen LogP contribution in [0.1, 0.15) is 40.2 Å². The summed E-state index contributed by atoms with van der Waals surface area (Å²) in [5.74, 6) is 0.300. The van der Waals surface area contributed by atoms with Crippen LogP contribution in [0.5, 0.6) is 0 Å². The summed E-state index contributed by atoms with van der Waals surface area (Å²) >= 11 is 1.37. The van der Waals surface area contributed by atoms with Crippen molar-refractivity contribution in [2.24, 2.45) is 7.05 Å². The first-order valence-corrected chi connectivity index (χ1v) is 10.7. The summed E-state index contributed by atoms with van der Waals surface area (Å²) in [6.07, 6.45) is 0.218. The lowest BCUT2D eigenvalue weighted by molar-refractivity contribution is -0.116. The number of nitrogens with zero attached hydrogens (tertiary/aromatic N) is 2. The van der Waals surface area contributed by atoms with Gasteiger partial charge in [-0.25, -0.2) is 4.39 Å². The van der Waals surface area contributed by atoms with Crippen LogP contribution in [0.15, 0.2) is 52.4 Å². The van der Waals surface area contributed by atoms with Crippen LogP contribution in [0.25, 0.3) is 0 Å². The number of halogens is 1. The van der Waals surface area contributed by atoms with Gasteiger partial charge in [0.1, 0.15) is 11.6 Å². The number of carbonyl (C=O) groups excluding carboxylic acids is 1. The summed E-state index contributed by atoms with van der Waals surface area (Å²) in [7, 11) is 1.79. The number of fused-ring (bicyclic) bond motifs is 1. The highest BCUT2D eigenvalue weighted by Crippen LogP contribution is 2.37. The van der Waals surface area contributed by atoms with Gasteiger partial charge in [-0.05, 0) is 42.7 Å². The van der Waals surface area contributed by atoms with Gasteiger partial charge in [-0.15, -0.1) is 0 Å². The van der Waals surface area contributed by atoms with E-state index in [0.717, 1.165) is 22.3 Å². The molecule has 1 aromatic heterocycles. The van der Waals surface area contributed by atoms with Gasteiger partial charge < -0.3 is 9.88 Å². The zero-order valence-electron chi connectivity index (χ0n) is 17.0. The second kappa shape index (κ2) is 8.07. The highest BCUT2D eigenvalue weighted by atomic mass is 32.2. The van der Waals surface area contributed by atoms with E-state index >= 15 is 0 Å². The van der Waals surface area contributed by atoms with Crippen LogP contribution in [-0.4, -0.2) is 15.5 Å². The van der Waals surface area contributed by atoms with E-state index in [1.165, 1.54) is 23.9 Å². The third kappa shape index (κ3) is 3.89. The molecule has 0 fully saturated rings. The van der Waals surface area contributed by atoms with E-state index in [2.05, 4.69) is 16.4 Å². The van der Waals surface area contributed by atoms with E-state index in [-0.39, 0.29) is 29.6 Å². The Morgan fingerprint density at radius 1 is 1.17 bits per heavy atom. The third-order valence-corrected chi connectivity index (χ3v) is 6.48. The number of carbonyl (C=O) groups is 1. The van der Waals surface area contributed by atoms with Crippen molar-refractivity contribution in [3.63, 3.8) is 0 Å². The normalized spacial score (nSPS) is 15.6. The van der Waals surface area contributed by atoms with Gasteiger partial charge in [-0.3, -0.25) is 9.59 Å². The number of aromatic nitrogens is 2. The quantitative estimate of drug-likeness (QED) is 0.502.